The summed E-state index contributed by atoms with van der Waals surface area (Å²) in [7, 11) is 0. The summed E-state index contributed by atoms with van der Waals surface area (Å²) >= 11 is 35.2. The van der Waals surface area contributed by atoms with Gasteiger partial charge in [-0.3, -0.25) is 0 Å². The molecule has 0 unspecified atom stereocenters. The van der Waals surface area contributed by atoms with Crippen molar-refractivity contribution in [3.63, 3.8) is 0 Å². The first kappa shape index (κ1) is 26.0. The lowest BCUT2D eigenvalue weighted by atomic mass is 10.2. The molecule has 0 aliphatic carbocycles. The van der Waals surface area contributed by atoms with Crippen molar-refractivity contribution in [1.29, 1.82) is 0 Å². The van der Waals surface area contributed by atoms with Crippen molar-refractivity contribution >= 4 is 69.6 Å². The molecule has 3 aromatic rings. The molecule has 31 heavy (non-hydrogen) atoms. The Morgan fingerprint density at radius 3 is 1.74 bits per heavy atom. The van der Waals surface area contributed by atoms with Crippen LogP contribution in [0.25, 0.3) is 11.4 Å². The highest BCUT2D eigenvalue weighted by atomic mass is 35.6. The molecule has 2 aromatic heterocycles. The number of ether oxygens (including phenoxy) is 1. The zero-order valence-electron chi connectivity index (χ0n) is 16.0. The molecule has 7 nitrogen and oxygen atoms in total. The topological polar surface area (TPSA) is 86.6 Å². The van der Waals surface area contributed by atoms with E-state index in [1.165, 1.54) is 0 Å². The number of alkyl halides is 6. The molecule has 0 amide bonds. The van der Waals surface area contributed by atoms with Crippen LogP contribution in [0.4, 0.5) is 0 Å². The summed E-state index contributed by atoms with van der Waals surface area (Å²) in [6, 6.07) is 8.83. The Bertz CT molecular complexity index is 876. The minimum atomic E-state index is -1.88. The van der Waals surface area contributed by atoms with Crippen molar-refractivity contribution in [2.24, 2.45) is 0 Å². The van der Waals surface area contributed by atoms with E-state index in [-0.39, 0.29) is 17.5 Å². The molecule has 1 aromatic carbocycles. The fourth-order valence-electron chi connectivity index (χ4n) is 2.00. The molecular weight excluding hydrogens is 529 g/mol. The molecule has 0 aliphatic rings. The molecule has 3 rings (SSSR count). The van der Waals surface area contributed by atoms with E-state index < -0.39 is 7.59 Å². The van der Waals surface area contributed by atoms with Crippen LogP contribution in [0.5, 0.6) is 5.75 Å². The van der Waals surface area contributed by atoms with Crippen LogP contribution in [0, 0.1) is 0 Å². The fraction of sp³-hybridized carbons (Fsp3) is 0.333. The summed E-state index contributed by atoms with van der Waals surface area (Å²) in [6.07, 6.45) is 5.19. The second kappa shape index (κ2) is 12.1. The predicted molar refractivity (Wildman–Crippen MR) is 124 cm³/mol. The van der Waals surface area contributed by atoms with Crippen molar-refractivity contribution in [3.8, 4) is 17.1 Å². The van der Waals surface area contributed by atoms with E-state index in [1.54, 1.807) is 42.7 Å². The van der Waals surface area contributed by atoms with Gasteiger partial charge in [-0.05, 0) is 42.0 Å². The van der Waals surface area contributed by atoms with Gasteiger partial charge >= 0.3 is 0 Å². The molecule has 0 saturated heterocycles. The fourth-order valence-corrected chi connectivity index (χ4v) is 2.51. The van der Waals surface area contributed by atoms with Crippen LogP contribution < -0.4 is 4.74 Å². The van der Waals surface area contributed by atoms with Gasteiger partial charge in [-0.2, -0.15) is 0 Å². The molecule has 0 atom stereocenters. The van der Waals surface area contributed by atoms with E-state index in [9.17, 15) is 0 Å². The van der Waals surface area contributed by atoms with Gasteiger partial charge in [0.2, 0.25) is 7.59 Å². The molecule has 0 aliphatic heterocycles. The monoisotopic (exact) mass is 542 g/mol. The summed E-state index contributed by atoms with van der Waals surface area (Å²) < 4.78 is 1.85. The van der Waals surface area contributed by atoms with E-state index in [1.807, 2.05) is 0 Å². The summed E-state index contributed by atoms with van der Waals surface area (Å²) in [5.41, 5.74) is 0.635. The smallest absolute Gasteiger partial charge is 0.250 e. The van der Waals surface area contributed by atoms with Crippen LogP contribution in [0.2, 0.25) is 0 Å². The number of unbranched alkanes of at least 4 members (excludes halogenated alkanes) is 1. The Morgan fingerprint density at radius 2 is 1.35 bits per heavy atom. The van der Waals surface area contributed by atoms with E-state index in [0.717, 1.165) is 18.6 Å². The number of benzene rings is 1. The zero-order valence-corrected chi connectivity index (χ0v) is 20.6. The summed E-state index contributed by atoms with van der Waals surface area (Å²) in [5.74, 6) is 0.686. The first-order chi connectivity index (χ1) is 14.6. The molecule has 166 valence electrons. The molecule has 0 bridgehead atoms. The molecule has 13 heteroatoms. The van der Waals surface area contributed by atoms with Crippen molar-refractivity contribution in [2.75, 3.05) is 6.61 Å². The Balaban J connectivity index is 0.000000488. The molecule has 2 heterocycles. The van der Waals surface area contributed by atoms with Crippen LogP contribution in [-0.2, 0) is 7.59 Å². The van der Waals surface area contributed by atoms with E-state index in [4.69, 9.17) is 74.3 Å². The van der Waals surface area contributed by atoms with Crippen molar-refractivity contribution in [3.05, 3.63) is 54.4 Å². The largest absolute Gasteiger partial charge is 0.494 e. The van der Waals surface area contributed by atoms with Gasteiger partial charge in [-0.15, -0.1) is 10.2 Å². The lowest BCUT2D eigenvalue weighted by molar-refractivity contribution is 0.309. The van der Waals surface area contributed by atoms with E-state index >= 15 is 0 Å². The lowest BCUT2D eigenvalue weighted by Gasteiger charge is -2.15. The minimum Gasteiger partial charge on any atom is -0.494 e. The van der Waals surface area contributed by atoms with Crippen molar-refractivity contribution in [2.45, 2.75) is 27.4 Å². The molecule has 0 N–H and O–H groups in total. The normalized spacial score (nSPS) is 11.5. The molecular formula is C18H16Cl6N6O. The van der Waals surface area contributed by atoms with Gasteiger partial charge in [-0.1, -0.05) is 83.0 Å². The third-order valence-electron chi connectivity index (χ3n) is 3.43. The summed E-state index contributed by atoms with van der Waals surface area (Å²) in [4.78, 5) is 12.2. The van der Waals surface area contributed by atoms with Gasteiger partial charge in [0.25, 0.3) is 0 Å². The minimum absolute atomic E-state index is 0.132. The maximum absolute atomic E-state index is 5.87. The second-order valence-corrected chi connectivity index (χ2v) is 10.4. The van der Waals surface area contributed by atoms with Crippen LogP contribution in [0.15, 0.2) is 42.7 Å². The standard InChI is InChI=1S/C15H13Cl6N3O.C3H3N3/c1-2-3-8-25-10-6-4-9(5-7-10)11-22-12(14(16,17)18)24-13(23-11)15(19,20)21;1-2-4-6-5-3-1/h4-7H,2-3,8H2,1H3;1-3H. The maximum Gasteiger partial charge on any atom is 0.250 e. The molecule has 0 spiro atoms. The Kier molecular flexibility index (Phi) is 10.2. The van der Waals surface area contributed by atoms with Crippen molar-refractivity contribution in [1.82, 2.24) is 30.4 Å². The van der Waals surface area contributed by atoms with Gasteiger partial charge in [0.05, 0.1) is 19.0 Å². The average molecular weight is 545 g/mol. The molecule has 0 radical (unpaired) electrons. The molecule has 0 saturated carbocycles. The van der Waals surface area contributed by atoms with Crippen LogP contribution in [0.3, 0.4) is 0 Å². The van der Waals surface area contributed by atoms with Crippen LogP contribution in [-0.4, -0.2) is 37.0 Å². The van der Waals surface area contributed by atoms with Crippen LogP contribution in [0.1, 0.15) is 31.4 Å². The Hall–Kier alpha value is -1.22. The quantitative estimate of drug-likeness (QED) is 0.277. The first-order valence-electron chi connectivity index (χ1n) is 8.83. The number of hydrogen-bond acceptors (Lipinski definition) is 7. The van der Waals surface area contributed by atoms with Gasteiger partial charge < -0.3 is 4.74 Å². The maximum atomic E-state index is 5.87. The average Bonchev–Trinajstić information content (AvgIpc) is 2.74. The highest BCUT2D eigenvalue weighted by Crippen LogP contribution is 2.40. The van der Waals surface area contributed by atoms with Gasteiger partial charge in [0.15, 0.2) is 17.5 Å². The van der Waals surface area contributed by atoms with Crippen LogP contribution >= 0.6 is 69.6 Å². The van der Waals surface area contributed by atoms with E-state index in [0.29, 0.717) is 12.2 Å². The summed E-state index contributed by atoms with van der Waals surface area (Å²) in [6.45, 7) is 2.74. The van der Waals surface area contributed by atoms with Gasteiger partial charge in [0, 0.05) is 5.56 Å². The first-order valence-corrected chi connectivity index (χ1v) is 11.1. The number of hydrogen-bond donors (Lipinski definition) is 0. The predicted octanol–water partition coefficient (Wildman–Crippen LogP) is 6.24. The van der Waals surface area contributed by atoms with Crippen molar-refractivity contribution < 1.29 is 4.74 Å². The Morgan fingerprint density at radius 1 is 0.806 bits per heavy atom. The Labute approximate surface area is 209 Å². The molecule has 0 fully saturated rings. The van der Waals surface area contributed by atoms with E-state index in [2.05, 4.69) is 37.3 Å². The lowest BCUT2D eigenvalue weighted by Crippen LogP contribution is -2.16. The number of halogens is 6. The number of rotatable bonds is 5. The highest BCUT2D eigenvalue weighted by molar-refractivity contribution is 6.67. The summed E-state index contributed by atoms with van der Waals surface area (Å²) in [5, 5.41) is 10.1. The SMILES string of the molecule is CCCCOc1ccc(-c2nc(C(Cl)(Cl)Cl)nc(C(Cl)(Cl)Cl)n2)cc1.c1cnnnc1. The number of aromatic nitrogens is 6. The number of nitrogens with zero attached hydrogens (tertiary/aromatic N) is 6. The second-order valence-electron chi connectivity index (χ2n) is 5.84. The highest BCUT2D eigenvalue weighted by Gasteiger charge is 2.34. The third-order valence-corrected chi connectivity index (χ3v) is 4.44. The van der Waals surface area contributed by atoms with Gasteiger partial charge in [0.1, 0.15) is 5.75 Å². The van der Waals surface area contributed by atoms with Gasteiger partial charge in [-0.25, -0.2) is 15.0 Å². The third kappa shape index (κ3) is 9.04. The zero-order chi connectivity index (χ0) is 22.9.